The second-order valence-electron chi connectivity index (χ2n) is 6.70. The van der Waals surface area contributed by atoms with Crippen LogP contribution in [0.4, 0.5) is 0 Å². The summed E-state index contributed by atoms with van der Waals surface area (Å²) in [6.45, 7) is -0.385. The van der Waals surface area contributed by atoms with E-state index in [0.29, 0.717) is 12.1 Å². The third kappa shape index (κ3) is 6.61. The van der Waals surface area contributed by atoms with Crippen LogP contribution in [-0.2, 0) is 21.2 Å². The van der Waals surface area contributed by atoms with Crippen LogP contribution < -0.4 is 5.43 Å². The van der Waals surface area contributed by atoms with Crippen molar-refractivity contribution in [2.24, 2.45) is 5.10 Å². The van der Waals surface area contributed by atoms with E-state index in [1.165, 1.54) is 24.4 Å². The summed E-state index contributed by atoms with van der Waals surface area (Å²) in [6, 6.07) is 18.8. The molecule has 1 heterocycles. The number of nitrogens with zero attached hydrogens (tertiary/aromatic N) is 3. The fourth-order valence-corrected chi connectivity index (χ4v) is 4.95. The minimum Gasteiger partial charge on any atom is -0.272 e. The van der Waals surface area contributed by atoms with Crippen LogP contribution in [0.15, 0.2) is 82.9 Å². The number of benzene rings is 2. The van der Waals surface area contributed by atoms with E-state index in [2.05, 4.69) is 15.5 Å². The molecule has 0 aliphatic heterocycles. The predicted molar refractivity (Wildman–Crippen MR) is 125 cm³/mol. The Kier molecular flexibility index (Phi) is 8.35. The number of aromatic nitrogens is 1. The Hall–Kier alpha value is -2.78. The summed E-state index contributed by atoms with van der Waals surface area (Å²) in [7, 11) is -4.10. The van der Waals surface area contributed by atoms with Gasteiger partial charge in [-0.2, -0.15) is 9.41 Å². The van der Waals surface area contributed by atoms with Gasteiger partial charge in [0.1, 0.15) is 4.90 Å². The Morgan fingerprint density at radius 2 is 1.81 bits per heavy atom. The second-order valence-corrected chi connectivity index (χ2v) is 9.45. The highest BCUT2D eigenvalue weighted by molar-refractivity contribution is 7.89. The van der Waals surface area contributed by atoms with E-state index in [0.717, 1.165) is 9.87 Å². The number of carbonyl (C=O) groups is 1. The van der Waals surface area contributed by atoms with Crippen LogP contribution in [0.1, 0.15) is 11.3 Å². The van der Waals surface area contributed by atoms with Crippen molar-refractivity contribution in [3.05, 3.63) is 94.2 Å². The number of hydrazone groups is 1. The first-order valence-electron chi connectivity index (χ1n) is 9.58. The maximum absolute atomic E-state index is 13.3. The fraction of sp³-hybridized carbons (Fsp3) is 0.136. The van der Waals surface area contributed by atoms with Gasteiger partial charge in [-0.05, 0) is 42.3 Å². The Balaban J connectivity index is 1.79. The quantitative estimate of drug-likeness (QED) is 0.365. The van der Waals surface area contributed by atoms with Gasteiger partial charge >= 0.3 is 0 Å². The standard InChI is InChI=1S/C22H20Cl2N4O3S/c23-18-9-10-20(24)21(14-18)32(30,31)28(13-11-17-6-2-1-3-7-17)16-22(29)27-26-15-19-8-4-5-12-25-19/h1-10,12,14-15H,11,13,16H2,(H,27,29)/b26-15-. The maximum Gasteiger partial charge on any atom is 0.255 e. The molecular formula is C22H20Cl2N4O3S. The lowest BCUT2D eigenvalue weighted by molar-refractivity contribution is -0.121. The number of sulfonamides is 1. The Morgan fingerprint density at radius 3 is 2.53 bits per heavy atom. The molecule has 1 N–H and O–H groups in total. The van der Waals surface area contributed by atoms with Gasteiger partial charge in [0.2, 0.25) is 10.0 Å². The van der Waals surface area contributed by atoms with Gasteiger partial charge in [-0.15, -0.1) is 0 Å². The highest BCUT2D eigenvalue weighted by Gasteiger charge is 2.28. The molecule has 2 aromatic carbocycles. The van der Waals surface area contributed by atoms with E-state index < -0.39 is 22.5 Å². The van der Waals surface area contributed by atoms with Gasteiger partial charge in [-0.3, -0.25) is 9.78 Å². The van der Waals surface area contributed by atoms with Crippen LogP contribution in [0.5, 0.6) is 0 Å². The molecule has 3 rings (SSSR count). The molecule has 0 bridgehead atoms. The molecule has 0 saturated carbocycles. The Labute approximate surface area is 196 Å². The van der Waals surface area contributed by atoms with Gasteiger partial charge in [0.05, 0.1) is 23.5 Å². The number of rotatable bonds is 9. The summed E-state index contributed by atoms with van der Waals surface area (Å²) in [6.07, 6.45) is 3.37. The van der Waals surface area contributed by atoms with Gasteiger partial charge in [-0.1, -0.05) is 59.6 Å². The third-order valence-electron chi connectivity index (χ3n) is 4.40. The largest absolute Gasteiger partial charge is 0.272 e. The molecule has 0 fully saturated rings. The van der Waals surface area contributed by atoms with Crippen molar-refractivity contribution in [2.45, 2.75) is 11.3 Å². The lowest BCUT2D eigenvalue weighted by Gasteiger charge is -2.22. The van der Waals surface area contributed by atoms with Crippen LogP contribution in [0.3, 0.4) is 0 Å². The summed E-state index contributed by atoms with van der Waals surface area (Å²) in [5.74, 6) is -0.605. The second kappa shape index (κ2) is 11.2. The van der Waals surface area contributed by atoms with Crippen LogP contribution in [0.25, 0.3) is 0 Å². The summed E-state index contributed by atoms with van der Waals surface area (Å²) in [5.41, 5.74) is 3.81. The summed E-state index contributed by atoms with van der Waals surface area (Å²) >= 11 is 12.1. The smallest absolute Gasteiger partial charge is 0.255 e. The summed E-state index contributed by atoms with van der Waals surface area (Å²) in [4.78, 5) is 16.4. The molecule has 3 aromatic rings. The average molecular weight is 491 g/mol. The molecule has 0 spiro atoms. The van der Waals surface area contributed by atoms with Crippen molar-refractivity contribution < 1.29 is 13.2 Å². The van der Waals surface area contributed by atoms with Gasteiger partial charge in [0.15, 0.2) is 0 Å². The topological polar surface area (TPSA) is 91.7 Å². The zero-order valence-corrected chi connectivity index (χ0v) is 19.2. The van der Waals surface area contributed by atoms with Crippen molar-refractivity contribution in [1.29, 1.82) is 0 Å². The first kappa shape index (κ1) is 23.9. The molecule has 0 aliphatic rings. The van der Waals surface area contributed by atoms with E-state index in [-0.39, 0.29) is 21.5 Å². The first-order chi connectivity index (χ1) is 15.4. The van der Waals surface area contributed by atoms with Gasteiger partial charge in [-0.25, -0.2) is 13.8 Å². The minimum atomic E-state index is -4.10. The molecule has 10 heteroatoms. The lowest BCUT2D eigenvalue weighted by Crippen LogP contribution is -2.40. The van der Waals surface area contributed by atoms with Crippen molar-refractivity contribution in [3.63, 3.8) is 0 Å². The number of pyridine rings is 1. The molecule has 32 heavy (non-hydrogen) atoms. The Bertz CT molecular complexity index is 1190. The number of halogens is 2. The van der Waals surface area contributed by atoms with E-state index in [4.69, 9.17) is 23.2 Å². The predicted octanol–water partition coefficient (Wildman–Crippen LogP) is 3.77. The van der Waals surface area contributed by atoms with Crippen molar-refractivity contribution >= 4 is 45.3 Å². The van der Waals surface area contributed by atoms with E-state index in [9.17, 15) is 13.2 Å². The minimum absolute atomic E-state index is 0.0210. The van der Waals surface area contributed by atoms with Crippen LogP contribution >= 0.6 is 23.2 Å². The van der Waals surface area contributed by atoms with Gasteiger partial charge in [0.25, 0.3) is 5.91 Å². The van der Waals surface area contributed by atoms with Crippen LogP contribution in [-0.4, -0.2) is 42.9 Å². The molecule has 1 aromatic heterocycles. The zero-order valence-electron chi connectivity index (χ0n) is 16.9. The molecule has 1 amide bonds. The number of amides is 1. The average Bonchev–Trinajstić information content (AvgIpc) is 2.79. The van der Waals surface area contributed by atoms with Gasteiger partial charge < -0.3 is 0 Å². The molecule has 0 aliphatic carbocycles. The monoisotopic (exact) mass is 490 g/mol. The van der Waals surface area contributed by atoms with Crippen molar-refractivity contribution in [2.75, 3.05) is 13.1 Å². The van der Waals surface area contributed by atoms with Crippen molar-refractivity contribution in [3.8, 4) is 0 Å². The summed E-state index contributed by atoms with van der Waals surface area (Å²) < 4.78 is 27.7. The SMILES string of the molecule is O=C(CN(CCc1ccccc1)S(=O)(=O)c1cc(Cl)ccc1Cl)N/N=C\c1ccccn1. The summed E-state index contributed by atoms with van der Waals surface area (Å²) in [5, 5.41) is 4.09. The van der Waals surface area contributed by atoms with Crippen LogP contribution in [0.2, 0.25) is 10.0 Å². The molecular weight excluding hydrogens is 471 g/mol. The molecule has 0 atom stereocenters. The molecule has 166 valence electrons. The normalized spacial score (nSPS) is 11.7. The number of carbonyl (C=O) groups excluding carboxylic acids is 1. The molecule has 0 radical (unpaired) electrons. The number of nitrogens with one attached hydrogen (secondary N) is 1. The van der Waals surface area contributed by atoms with E-state index in [1.54, 1.807) is 24.4 Å². The maximum atomic E-state index is 13.3. The molecule has 0 unspecified atom stereocenters. The fourth-order valence-electron chi connectivity index (χ4n) is 2.81. The first-order valence-corrected chi connectivity index (χ1v) is 11.8. The highest BCUT2D eigenvalue weighted by Crippen LogP contribution is 2.27. The molecule has 7 nitrogen and oxygen atoms in total. The third-order valence-corrected chi connectivity index (χ3v) is 6.96. The van der Waals surface area contributed by atoms with E-state index in [1.807, 2.05) is 30.3 Å². The van der Waals surface area contributed by atoms with Crippen molar-refractivity contribution in [1.82, 2.24) is 14.7 Å². The van der Waals surface area contributed by atoms with E-state index >= 15 is 0 Å². The van der Waals surface area contributed by atoms with Gasteiger partial charge in [0, 0.05) is 17.8 Å². The lowest BCUT2D eigenvalue weighted by atomic mass is 10.1. The zero-order chi connectivity index (χ0) is 23.0. The Morgan fingerprint density at radius 1 is 1.06 bits per heavy atom. The highest BCUT2D eigenvalue weighted by atomic mass is 35.5. The number of hydrogen-bond acceptors (Lipinski definition) is 5. The number of hydrogen-bond donors (Lipinski definition) is 1. The molecule has 0 saturated heterocycles. The van der Waals surface area contributed by atoms with Crippen LogP contribution in [0, 0.1) is 0 Å².